The van der Waals surface area contributed by atoms with Gasteiger partial charge in [0.1, 0.15) is 10.6 Å². The first kappa shape index (κ1) is 15.1. The van der Waals surface area contributed by atoms with E-state index in [4.69, 9.17) is 5.11 Å². The van der Waals surface area contributed by atoms with Crippen molar-refractivity contribution in [2.75, 3.05) is 0 Å². The molecule has 0 radical (unpaired) electrons. The minimum absolute atomic E-state index is 0.00666. The average Bonchev–Trinajstić information content (AvgIpc) is 2.95. The lowest BCUT2D eigenvalue weighted by Crippen LogP contribution is -2.26. The number of aromatic carboxylic acids is 1. The van der Waals surface area contributed by atoms with E-state index in [0.717, 1.165) is 19.3 Å². The fourth-order valence-electron chi connectivity index (χ4n) is 2.35. The number of sulfonamides is 1. The average molecular weight is 300 g/mol. The molecule has 2 N–H and O–H groups in total. The van der Waals surface area contributed by atoms with Gasteiger partial charge in [0.05, 0.1) is 0 Å². The zero-order valence-corrected chi connectivity index (χ0v) is 12.5. The standard InChI is InChI=1S/C13H20N2O4S/c1-3-5-15-8-10(7-12(15)13(16)17)20(18,19)14-11-6-9(11)4-2/h7-9,11,14H,3-6H2,1-2H3,(H,16,17). The Hall–Kier alpha value is -1.34. The van der Waals surface area contributed by atoms with Gasteiger partial charge in [-0.1, -0.05) is 20.3 Å². The van der Waals surface area contributed by atoms with E-state index in [1.165, 1.54) is 16.8 Å². The summed E-state index contributed by atoms with van der Waals surface area (Å²) in [5.41, 5.74) is 0.00932. The van der Waals surface area contributed by atoms with E-state index in [2.05, 4.69) is 4.72 Å². The Balaban J connectivity index is 2.23. The quantitative estimate of drug-likeness (QED) is 0.801. The van der Waals surface area contributed by atoms with Crippen molar-refractivity contribution >= 4 is 16.0 Å². The maximum Gasteiger partial charge on any atom is 0.352 e. The molecule has 0 spiro atoms. The molecule has 1 aliphatic carbocycles. The molecule has 112 valence electrons. The molecule has 1 aliphatic rings. The largest absolute Gasteiger partial charge is 0.477 e. The fourth-order valence-corrected chi connectivity index (χ4v) is 3.70. The molecule has 20 heavy (non-hydrogen) atoms. The normalized spacial score (nSPS) is 21.9. The van der Waals surface area contributed by atoms with Crippen LogP contribution in [0.3, 0.4) is 0 Å². The molecule has 0 aliphatic heterocycles. The number of rotatable bonds is 7. The van der Waals surface area contributed by atoms with E-state index in [1.807, 2.05) is 13.8 Å². The second-order valence-corrected chi connectivity index (χ2v) is 6.91. The monoisotopic (exact) mass is 300 g/mol. The van der Waals surface area contributed by atoms with Gasteiger partial charge in [0, 0.05) is 18.8 Å². The minimum Gasteiger partial charge on any atom is -0.477 e. The van der Waals surface area contributed by atoms with Gasteiger partial charge in [0.15, 0.2) is 0 Å². The molecule has 1 aromatic heterocycles. The van der Waals surface area contributed by atoms with Gasteiger partial charge < -0.3 is 9.67 Å². The van der Waals surface area contributed by atoms with Crippen molar-refractivity contribution in [3.63, 3.8) is 0 Å². The zero-order valence-electron chi connectivity index (χ0n) is 11.7. The maximum absolute atomic E-state index is 12.2. The van der Waals surface area contributed by atoms with E-state index in [9.17, 15) is 13.2 Å². The second-order valence-electron chi connectivity index (χ2n) is 5.19. The molecule has 1 heterocycles. The van der Waals surface area contributed by atoms with Crippen LogP contribution in [0.15, 0.2) is 17.2 Å². The summed E-state index contributed by atoms with van der Waals surface area (Å²) in [7, 11) is -3.63. The van der Waals surface area contributed by atoms with Crippen LogP contribution in [0.2, 0.25) is 0 Å². The highest BCUT2D eigenvalue weighted by Crippen LogP contribution is 2.34. The third kappa shape index (κ3) is 3.04. The molecular formula is C13H20N2O4S. The zero-order chi connectivity index (χ0) is 14.9. The van der Waals surface area contributed by atoms with E-state index in [1.54, 1.807) is 0 Å². The minimum atomic E-state index is -3.63. The summed E-state index contributed by atoms with van der Waals surface area (Å²) in [6, 6.07) is 1.22. The van der Waals surface area contributed by atoms with Crippen LogP contribution in [-0.4, -0.2) is 30.1 Å². The van der Waals surface area contributed by atoms with Crippen LogP contribution >= 0.6 is 0 Å². The maximum atomic E-state index is 12.2. The number of carboxylic acids is 1. The first-order chi connectivity index (χ1) is 9.39. The number of nitrogens with one attached hydrogen (secondary N) is 1. The van der Waals surface area contributed by atoms with E-state index < -0.39 is 16.0 Å². The van der Waals surface area contributed by atoms with Gasteiger partial charge in [0.25, 0.3) is 0 Å². The van der Waals surface area contributed by atoms with Crippen LogP contribution in [0.25, 0.3) is 0 Å². The van der Waals surface area contributed by atoms with Crippen LogP contribution in [-0.2, 0) is 16.6 Å². The SMILES string of the molecule is CCCn1cc(S(=O)(=O)NC2CC2CC)cc1C(=O)O. The second kappa shape index (κ2) is 5.57. The summed E-state index contributed by atoms with van der Waals surface area (Å²) in [6.45, 7) is 4.42. The van der Waals surface area contributed by atoms with Crippen LogP contribution in [0, 0.1) is 5.92 Å². The molecule has 2 rings (SSSR count). The first-order valence-corrected chi connectivity index (χ1v) is 8.33. The fraction of sp³-hybridized carbons (Fsp3) is 0.615. The van der Waals surface area contributed by atoms with Gasteiger partial charge in [-0.25, -0.2) is 17.9 Å². The number of aryl methyl sites for hydroxylation is 1. The van der Waals surface area contributed by atoms with E-state index in [-0.39, 0.29) is 16.6 Å². The highest BCUT2D eigenvalue weighted by atomic mass is 32.2. The van der Waals surface area contributed by atoms with Crippen LogP contribution in [0.5, 0.6) is 0 Å². The molecule has 1 aromatic rings. The van der Waals surface area contributed by atoms with Crippen LogP contribution < -0.4 is 4.72 Å². The Labute approximate surface area is 118 Å². The first-order valence-electron chi connectivity index (χ1n) is 6.84. The summed E-state index contributed by atoms with van der Waals surface area (Å²) in [5, 5.41) is 9.11. The molecule has 0 bridgehead atoms. The highest BCUT2D eigenvalue weighted by molar-refractivity contribution is 7.89. The molecule has 1 saturated carbocycles. The molecule has 0 saturated heterocycles. The van der Waals surface area contributed by atoms with E-state index >= 15 is 0 Å². The molecule has 2 atom stereocenters. The van der Waals surface area contributed by atoms with Crippen molar-refractivity contribution in [1.82, 2.24) is 9.29 Å². The van der Waals surface area contributed by atoms with Gasteiger partial charge in [0.2, 0.25) is 10.0 Å². The Bertz CT molecular complexity index is 606. The lowest BCUT2D eigenvalue weighted by molar-refractivity contribution is 0.0685. The Morgan fingerprint density at radius 3 is 2.70 bits per heavy atom. The van der Waals surface area contributed by atoms with Crippen molar-refractivity contribution in [2.24, 2.45) is 5.92 Å². The summed E-state index contributed by atoms with van der Waals surface area (Å²) in [6.07, 6.45) is 3.95. The topological polar surface area (TPSA) is 88.4 Å². The van der Waals surface area contributed by atoms with Gasteiger partial charge >= 0.3 is 5.97 Å². The van der Waals surface area contributed by atoms with E-state index in [0.29, 0.717) is 12.5 Å². The van der Waals surface area contributed by atoms with Crippen LogP contribution in [0.4, 0.5) is 0 Å². The number of carboxylic acid groups (broad SMARTS) is 1. The molecule has 6 nitrogen and oxygen atoms in total. The third-order valence-electron chi connectivity index (χ3n) is 3.62. The van der Waals surface area contributed by atoms with Crippen molar-refractivity contribution < 1.29 is 18.3 Å². The van der Waals surface area contributed by atoms with Crippen LogP contribution in [0.1, 0.15) is 43.6 Å². The van der Waals surface area contributed by atoms with Crippen molar-refractivity contribution in [3.8, 4) is 0 Å². The van der Waals surface area contributed by atoms with Gasteiger partial charge in [-0.2, -0.15) is 0 Å². The van der Waals surface area contributed by atoms with Crippen molar-refractivity contribution in [3.05, 3.63) is 18.0 Å². The molecular weight excluding hydrogens is 280 g/mol. The Morgan fingerprint density at radius 2 is 2.20 bits per heavy atom. The molecule has 0 aromatic carbocycles. The summed E-state index contributed by atoms with van der Waals surface area (Å²) >= 11 is 0. The predicted octanol–water partition coefficient (Wildman–Crippen LogP) is 1.67. The molecule has 0 amide bonds. The Kier molecular flexibility index (Phi) is 4.19. The van der Waals surface area contributed by atoms with Gasteiger partial charge in [-0.05, 0) is 24.8 Å². The van der Waals surface area contributed by atoms with Gasteiger partial charge in [-0.15, -0.1) is 0 Å². The third-order valence-corrected chi connectivity index (χ3v) is 5.08. The molecule has 1 fully saturated rings. The predicted molar refractivity (Wildman–Crippen MR) is 74.2 cm³/mol. The lowest BCUT2D eigenvalue weighted by atomic mass is 10.3. The smallest absolute Gasteiger partial charge is 0.352 e. The molecule has 2 unspecified atom stereocenters. The highest BCUT2D eigenvalue weighted by Gasteiger charge is 2.39. The number of hydrogen-bond donors (Lipinski definition) is 2. The number of hydrogen-bond acceptors (Lipinski definition) is 3. The number of aromatic nitrogens is 1. The molecule has 7 heteroatoms. The van der Waals surface area contributed by atoms with Crippen molar-refractivity contribution in [1.29, 1.82) is 0 Å². The summed E-state index contributed by atoms with van der Waals surface area (Å²) in [4.78, 5) is 11.2. The summed E-state index contributed by atoms with van der Waals surface area (Å²) < 4.78 is 28.5. The number of carbonyl (C=O) groups is 1. The Morgan fingerprint density at radius 1 is 1.50 bits per heavy atom. The lowest BCUT2D eigenvalue weighted by Gasteiger charge is -2.04. The van der Waals surface area contributed by atoms with Crippen molar-refractivity contribution in [2.45, 2.75) is 50.6 Å². The number of nitrogens with zero attached hydrogens (tertiary/aromatic N) is 1. The van der Waals surface area contributed by atoms with Gasteiger partial charge in [-0.3, -0.25) is 0 Å². The summed E-state index contributed by atoms with van der Waals surface area (Å²) in [5.74, 6) is -0.709.